The molecule has 9 atom stereocenters. The maximum atomic E-state index is 16.7. The number of rotatable bonds is 0. The zero-order chi connectivity index (χ0) is 19.2. The lowest BCUT2D eigenvalue weighted by Gasteiger charge is -2.62. The lowest BCUT2D eigenvalue weighted by molar-refractivity contribution is -0.201. The maximum Gasteiger partial charge on any atom is 0.213 e. The quantitative estimate of drug-likeness (QED) is 0.627. The molecule has 0 heterocycles. The van der Waals surface area contributed by atoms with Gasteiger partial charge in [0.2, 0.25) is 5.78 Å². The Morgan fingerprint density at radius 2 is 1.88 bits per heavy atom. The molecule has 0 aromatic rings. The van der Waals surface area contributed by atoms with Gasteiger partial charge in [0.1, 0.15) is 0 Å². The van der Waals surface area contributed by atoms with Gasteiger partial charge in [-0.25, -0.2) is 8.78 Å². The third-order valence-electron chi connectivity index (χ3n) is 7.98. The van der Waals surface area contributed by atoms with Crippen LogP contribution in [0.15, 0.2) is 23.6 Å². The Hall–Kier alpha value is -0.780. The maximum absolute atomic E-state index is 16.7. The number of carbonyl (C=O) groups is 1. The minimum absolute atomic E-state index is 0.00159. The van der Waals surface area contributed by atoms with Crippen molar-refractivity contribution in [3.8, 4) is 0 Å². The second kappa shape index (κ2) is 5.39. The van der Waals surface area contributed by atoms with Crippen LogP contribution in [0, 0.1) is 28.6 Å². The average molecular weight is 387 g/mol. The predicted molar refractivity (Wildman–Crippen MR) is 94.0 cm³/mol. The second-order valence-corrected chi connectivity index (χ2v) is 9.72. The largest absolute Gasteiger partial charge is 0.392 e. The molecule has 3 nitrogen and oxygen atoms in total. The Morgan fingerprint density at radius 3 is 2.54 bits per heavy atom. The number of carbonyl (C=O) groups excluding carboxylic acids is 1. The van der Waals surface area contributed by atoms with E-state index in [9.17, 15) is 19.4 Å². The van der Waals surface area contributed by atoms with E-state index in [0.29, 0.717) is 6.42 Å². The number of hydrogen-bond donors (Lipinski definition) is 2. The van der Waals surface area contributed by atoms with E-state index in [1.165, 1.54) is 13.0 Å². The molecular weight excluding hydrogens is 362 g/mol. The molecule has 2 N–H and O–H groups in total. The van der Waals surface area contributed by atoms with E-state index >= 15 is 4.39 Å². The fraction of sp³-hybridized carbons (Fsp3) is 0.750. The molecule has 4 rings (SSSR count). The van der Waals surface area contributed by atoms with Gasteiger partial charge in [-0.3, -0.25) is 4.79 Å². The minimum atomic E-state index is -2.13. The fourth-order valence-electron chi connectivity index (χ4n) is 6.64. The van der Waals surface area contributed by atoms with Crippen molar-refractivity contribution in [1.29, 1.82) is 0 Å². The molecule has 6 heteroatoms. The number of ketones is 1. The third kappa shape index (κ3) is 1.92. The number of hydrogen-bond acceptors (Lipinski definition) is 3. The van der Waals surface area contributed by atoms with E-state index < -0.39 is 51.6 Å². The molecule has 0 unspecified atom stereocenters. The van der Waals surface area contributed by atoms with Gasteiger partial charge >= 0.3 is 0 Å². The summed E-state index contributed by atoms with van der Waals surface area (Å²) in [4.78, 5) is 11.8. The molecule has 4 aliphatic carbocycles. The van der Waals surface area contributed by atoms with Crippen LogP contribution in [0.25, 0.3) is 0 Å². The van der Waals surface area contributed by atoms with Gasteiger partial charge < -0.3 is 10.2 Å². The third-order valence-corrected chi connectivity index (χ3v) is 8.38. The highest BCUT2D eigenvalue weighted by Crippen LogP contribution is 2.69. The number of fused-ring (bicyclic) bond motifs is 5. The topological polar surface area (TPSA) is 57.5 Å². The number of alkyl halides is 2. The van der Waals surface area contributed by atoms with Gasteiger partial charge in [-0.1, -0.05) is 19.9 Å². The van der Waals surface area contributed by atoms with Crippen LogP contribution in [0.3, 0.4) is 0 Å². The van der Waals surface area contributed by atoms with E-state index in [1.54, 1.807) is 0 Å². The Morgan fingerprint density at radius 1 is 1.23 bits per heavy atom. The monoisotopic (exact) mass is 386 g/mol. The Bertz CT molecular complexity index is 737. The van der Waals surface area contributed by atoms with Crippen LogP contribution in [0.2, 0.25) is 0 Å². The molecule has 0 radical (unpaired) electrons. The van der Waals surface area contributed by atoms with Gasteiger partial charge in [0.15, 0.2) is 11.5 Å². The van der Waals surface area contributed by atoms with E-state index in [2.05, 4.69) is 0 Å². The van der Waals surface area contributed by atoms with Crippen molar-refractivity contribution >= 4 is 17.4 Å². The molecule has 26 heavy (non-hydrogen) atoms. The summed E-state index contributed by atoms with van der Waals surface area (Å²) in [5.74, 6) is -2.57. The first-order valence-electron chi connectivity index (χ1n) is 9.31. The molecule has 0 bridgehead atoms. The summed E-state index contributed by atoms with van der Waals surface area (Å²) in [5.41, 5.74) is -4.24. The molecule has 4 aliphatic rings. The van der Waals surface area contributed by atoms with Crippen molar-refractivity contribution in [3.63, 3.8) is 0 Å². The summed E-state index contributed by atoms with van der Waals surface area (Å²) < 4.78 is 31.4. The van der Waals surface area contributed by atoms with Crippen molar-refractivity contribution in [2.45, 2.75) is 63.3 Å². The van der Waals surface area contributed by atoms with E-state index in [0.717, 1.165) is 6.08 Å². The van der Waals surface area contributed by atoms with Crippen LogP contribution in [0.5, 0.6) is 0 Å². The van der Waals surface area contributed by atoms with Crippen molar-refractivity contribution in [2.24, 2.45) is 28.6 Å². The van der Waals surface area contributed by atoms with Crippen LogP contribution in [-0.4, -0.2) is 39.3 Å². The summed E-state index contributed by atoms with van der Waals surface area (Å²) in [6.45, 7) is 5.38. The Kier molecular flexibility index (Phi) is 3.85. The van der Waals surface area contributed by atoms with Crippen molar-refractivity contribution in [1.82, 2.24) is 0 Å². The van der Waals surface area contributed by atoms with Gasteiger partial charge in [-0.15, -0.1) is 11.6 Å². The predicted octanol–water partition coefficient (Wildman–Crippen LogP) is 3.48. The van der Waals surface area contributed by atoms with Crippen LogP contribution in [0.1, 0.15) is 40.0 Å². The standard InChI is InChI=1S/C20H25ClF2O3/c1-9-6-10-11-7-12(21)15-16(22)13(24)4-5-19(15,3)20(11,23)14(25)8-18(10,2)17(9)26/h4-5,9-12,14,17,25-26H,6-8H2,1-3H3/t9-,10+,11+,12+,14+,17-,18+,19+,20+/m1/s1. The summed E-state index contributed by atoms with van der Waals surface area (Å²) in [7, 11) is 0. The van der Waals surface area contributed by atoms with E-state index in [4.69, 9.17) is 11.6 Å². The van der Waals surface area contributed by atoms with Gasteiger partial charge in [0, 0.05) is 16.9 Å². The van der Waals surface area contributed by atoms with Gasteiger partial charge in [0.05, 0.1) is 17.6 Å². The van der Waals surface area contributed by atoms with Crippen molar-refractivity contribution in [2.75, 3.05) is 0 Å². The molecule has 0 aromatic heterocycles. The van der Waals surface area contributed by atoms with Crippen molar-refractivity contribution in [3.05, 3.63) is 23.6 Å². The Labute approximate surface area is 157 Å². The summed E-state index contributed by atoms with van der Waals surface area (Å²) in [6, 6.07) is 0. The SMILES string of the molecule is C[C@@H]1C[C@H]2[C@@H]3C[C@H](Cl)C4=C(F)C(=O)C=C[C@]4(C)[C@@]3(F)[C@@H](O)C[C@]2(C)[C@@H]1O. The van der Waals surface area contributed by atoms with E-state index in [1.807, 2.05) is 13.8 Å². The van der Waals surface area contributed by atoms with Crippen molar-refractivity contribution < 1.29 is 23.8 Å². The first-order valence-corrected chi connectivity index (χ1v) is 9.75. The van der Waals surface area contributed by atoms with E-state index in [-0.39, 0.29) is 30.3 Å². The molecule has 0 spiro atoms. The molecule has 0 amide bonds. The molecule has 144 valence electrons. The molecular formula is C20H25ClF2O3. The van der Waals surface area contributed by atoms with Crippen LogP contribution >= 0.6 is 11.6 Å². The molecule has 0 aliphatic heterocycles. The summed E-state index contributed by atoms with van der Waals surface area (Å²) >= 11 is 6.48. The van der Waals surface area contributed by atoms with Crippen LogP contribution < -0.4 is 0 Å². The lowest BCUT2D eigenvalue weighted by Crippen LogP contribution is -2.68. The second-order valence-electron chi connectivity index (χ2n) is 9.20. The zero-order valence-corrected chi connectivity index (χ0v) is 15.9. The highest BCUT2D eigenvalue weighted by atomic mass is 35.5. The number of aliphatic hydroxyl groups excluding tert-OH is 2. The number of aliphatic hydroxyl groups is 2. The molecule has 0 saturated heterocycles. The summed E-state index contributed by atoms with van der Waals surface area (Å²) in [6.07, 6.45) is 1.34. The molecule has 0 aromatic carbocycles. The minimum Gasteiger partial charge on any atom is -0.392 e. The molecule has 3 saturated carbocycles. The van der Waals surface area contributed by atoms with Gasteiger partial charge in [-0.05, 0) is 49.5 Å². The van der Waals surface area contributed by atoms with Gasteiger partial charge in [-0.2, -0.15) is 0 Å². The lowest BCUT2D eigenvalue weighted by atomic mass is 9.45. The summed E-state index contributed by atoms with van der Waals surface area (Å²) in [5, 5.41) is 20.8. The highest BCUT2D eigenvalue weighted by molar-refractivity contribution is 6.23. The first kappa shape index (κ1) is 18.6. The number of halogens is 3. The average Bonchev–Trinajstić information content (AvgIpc) is 2.78. The highest BCUT2D eigenvalue weighted by Gasteiger charge is 2.72. The Balaban J connectivity index is 1.89. The van der Waals surface area contributed by atoms with Gasteiger partial charge in [0.25, 0.3) is 0 Å². The first-order chi connectivity index (χ1) is 12.0. The zero-order valence-electron chi connectivity index (χ0n) is 15.2. The fourth-order valence-corrected chi connectivity index (χ4v) is 7.15. The molecule has 3 fully saturated rings. The smallest absolute Gasteiger partial charge is 0.213 e. The van der Waals surface area contributed by atoms with Crippen LogP contribution in [-0.2, 0) is 4.79 Å². The normalized spacial score (nSPS) is 56.2. The van der Waals surface area contributed by atoms with Crippen LogP contribution in [0.4, 0.5) is 8.78 Å². The number of allylic oxidation sites excluding steroid dienone is 4.